The molecule has 6 heteroatoms. The van der Waals surface area contributed by atoms with Gasteiger partial charge in [0.15, 0.2) is 17.5 Å². The number of nitrogens with one attached hydrogen (secondary N) is 2. The highest BCUT2D eigenvalue weighted by molar-refractivity contribution is 7.99. The summed E-state index contributed by atoms with van der Waals surface area (Å²) in [4.78, 5) is 4.32. The monoisotopic (exact) mass is 321 g/mol. The number of thioether (sulfide) groups is 1. The average molecular weight is 321 g/mol. The first-order valence-electron chi connectivity index (χ1n) is 7.67. The Kier molecular flexibility index (Phi) is 4.97. The molecule has 120 valence electrons. The molecule has 0 saturated heterocycles. The lowest BCUT2D eigenvalue weighted by molar-refractivity contribution is 0.174. The Hall–Kier alpha value is -1.56. The third-order valence-electron chi connectivity index (χ3n) is 4.18. The number of fused-ring (bicyclic) bond motifs is 1. The van der Waals surface area contributed by atoms with Crippen LogP contribution < -0.4 is 20.1 Å². The molecule has 1 heterocycles. The van der Waals surface area contributed by atoms with Crippen molar-refractivity contribution in [3.05, 3.63) is 23.8 Å². The van der Waals surface area contributed by atoms with Gasteiger partial charge in [-0.15, -0.1) is 0 Å². The second kappa shape index (κ2) is 7.13. The normalized spacial score (nSPS) is 23.6. The van der Waals surface area contributed by atoms with Gasteiger partial charge in [0.2, 0.25) is 6.79 Å². The maximum atomic E-state index is 5.41. The fraction of sp³-hybridized carbons (Fsp3) is 0.562. The standard InChI is InChI=1S/C16H23N3O2S/c1-17-16(19-12-4-5-13(8-12)22-2)18-9-11-3-6-14-15(7-11)21-10-20-14/h3,6-7,12-13H,4-5,8-10H2,1-2H3,(H2,17,18,19). The topological polar surface area (TPSA) is 54.9 Å². The van der Waals surface area contributed by atoms with Crippen LogP contribution in [0.4, 0.5) is 0 Å². The Morgan fingerprint density at radius 3 is 2.95 bits per heavy atom. The molecule has 0 amide bonds. The zero-order valence-corrected chi connectivity index (χ0v) is 13.9. The molecule has 1 aromatic carbocycles. The van der Waals surface area contributed by atoms with Crippen molar-refractivity contribution < 1.29 is 9.47 Å². The van der Waals surface area contributed by atoms with Crippen LogP contribution in [0.3, 0.4) is 0 Å². The van der Waals surface area contributed by atoms with Gasteiger partial charge < -0.3 is 20.1 Å². The van der Waals surface area contributed by atoms with Crippen molar-refractivity contribution in [2.75, 3.05) is 20.1 Å². The molecule has 2 aliphatic rings. The lowest BCUT2D eigenvalue weighted by Gasteiger charge is -2.17. The van der Waals surface area contributed by atoms with Crippen LogP contribution in [0, 0.1) is 0 Å². The molecule has 0 bridgehead atoms. The smallest absolute Gasteiger partial charge is 0.231 e. The van der Waals surface area contributed by atoms with E-state index in [1.165, 1.54) is 19.3 Å². The summed E-state index contributed by atoms with van der Waals surface area (Å²) in [6.07, 6.45) is 5.92. The second-order valence-corrected chi connectivity index (χ2v) is 6.76. The van der Waals surface area contributed by atoms with Gasteiger partial charge in [-0.25, -0.2) is 0 Å². The Bertz CT molecular complexity index is 550. The molecule has 2 unspecified atom stereocenters. The van der Waals surface area contributed by atoms with Crippen molar-refractivity contribution in [1.29, 1.82) is 0 Å². The Morgan fingerprint density at radius 2 is 2.18 bits per heavy atom. The summed E-state index contributed by atoms with van der Waals surface area (Å²) in [6.45, 7) is 1.03. The van der Waals surface area contributed by atoms with Gasteiger partial charge in [-0.05, 0) is 43.2 Å². The third-order valence-corrected chi connectivity index (χ3v) is 5.27. The van der Waals surface area contributed by atoms with Gasteiger partial charge in [0.25, 0.3) is 0 Å². The number of hydrogen-bond donors (Lipinski definition) is 2. The summed E-state index contributed by atoms with van der Waals surface area (Å²) < 4.78 is 10.7. The van der Waals surface area contributed by atoms with Crippen LogP contribution >= 0.6 is 11.8 Å². The van der Waals surface area contributed by atoms with Gasteiger partial charge in [0, 0.05) is 24.9 Å². The number of benzene rings is 1. The number of rotatable bonds is 4. The van der Waals surface area contributed by atoms with E-state index in [4.69, 9.17) is 9.47 Å². The summed E-state index contributed by atoms with van der Waals surface area (Å²) in [6, 6.07) is 6.55. The minimum Gasteiger partial charge on any atom is -0.454 e. The first-order chi connectivity index (χ1) is 10.8. The van der Waals surface area contributed by atoms with E-state index in [1.54, 1.807) is 0 Å². The van der Waals surface area contributed by atoms with Crippen molar-refractivity contribution in [2.45, 2.75) is 37.1 Å². The minimum absolute atomic E-state index is 0.313. The molecule has 5 nitrogen and oxygen atoms in total. The largest absolute Gasteiger partial charge is 0.454 e. The van der Waals surface area contributed by atoms with Crippen LogP contribution in [0.5, 0.6) is 11.5 Å². The Morgan fingerprint density at radius 1 is 1.32 bits per heavy atom. The number of nitrogens with zero attached hydrogens (tertiary/aromatic N) is 1. The van der Waals surface area contributed by atoms with Crippen LogP contribution in [-0.4, -0.2) is 37.3 Å². The number of hydrogen-bond acceptors (Lipinski definition) is 4. The van der Waals surface area contributed by atoms with E-state index in [0.717, 1.165) is 34.8 Å². The minimum atomic E-state index is 0.313. The molecular formula is C16H23N3O2S. The lowest BCUT2D eigenvalue weighted by Crippen LogP contribution is -2.42. The summed E-state index contributed by atoms with van der Waals surface area (Å²) >= 11 is 1.97. The van der Waals surface area contributed by atoms with Crippen LogP contribution in [0.15, 0.2) is 23.2 Å². The molecule has 1 aliphatic heterocycles. The zero-order valence-electron chi connectivity index (χ0n) is 13.1. The Balaban J connectivity index is 1.51. The molecule has 1 fully saturated rings. The predicted molar refractivity (Wildman–Crippen MR) is 90.8 cm³/mol. The molecule has 1 saturated carbocycles. The van der Waals surface area contributed by atoms with Gasteiger partial charge in [-0.3, -0.25) is 4.99 Å². The van der Waals surface area contributed by atoms with Crippen LogP contribution in [0.2, 0.25) is 0 Å². The molecule has 0 radical (unpaired) electrons. The van der Waals surface area contributed by atoms with Gasteiger partial charge >= 0.3 is 0 Å². The van der Waals surface area contributed by atoms with E-state index < -0.39 is 0 Å². The average Bonchev–Trinajstić information content (AvgIpc) is 3.19. The SMILES string of the molecule is CN=C(NCc1ccc2c(c1)OCO2)NC1CCC(SC)C1. The van der Waals surface area contributed by atoms with Gasteiger partial charge in [-0.1, -0.05) is 6.07 Å². The number of aliphatic imine (C=N–C) groups is 1. The van der Waals surface area contributed by atoms with E-state index in [0.29, 0.717) is 12.8 Å². The Labute approximate surface area is 135 Å². The van der Waals surface area contributed by atoms with E-state index >= 15 is 0 Å². The highest BCUT2D eigenvalue weighted by Gasteiger charge is 2.24. The van der Waals surface area contributed by atoms with Crippen molar-refractivity contribution in [3.8, 4) is 11.5 Å². The van der Waals surface area contributed by atoms with Crippen molar-refractivity contribution in [2.24, 2.45) is 4.99 Å². The van der Waals surface area contributed by atoms with E-state index in [2.05, 4.69) is 21.9 Å². The molecule has 1 aromatic rings. The predicted octanol–water partition coefficient (Wildman–Crippen LogP) is 2.36. The summed E-state index contributed by atoms with van der Waals surface area (Å²) in [7, 11) is 1.82. The second-order valence-electron chi connectivity index (χ2n) is 5.63. The van der Waals surface area contributed by atoms with Crippen molar-refractivity contribution >= 4 is 17.7 Å². The van der Waals surface area contributed by atoms with Crippen molar-refractivity contribution in [3.63, 3.8) is 0 Å². The summed E-state index contributed by atoms with van der Waals surface area (Å²) in [5.74, 6) is 2.51. The maximum absolute atomic E-state index is 5.41. The van der Waals surface area contributed by atoms with Crippen LogP contribution in [0.1, 0.15) is 24.8 Å². The lowest BCUT2D eigenvalue weighted by atomic mass is 10.2. The molecule has 3 rings (SSSR count). The molecule has 0 spiro atoms. The molecule has 0 aromatic heterocycles. The highest BCUT2D eigenvalue weighted by atomic mass is 32.2. The fourth-order valence-electron chi connectivity index (χ4n) is 2.91. The first kappa shape index (κ1) is 15.3. The number of ether oxygens (including phenoxy) is 2. The van der Waals surface area contributed by atoms with Gasteiger partial charge in [0.1, 0.15) is 0 Å². The number of guanidine groups is 1. The zero-order chi connectivity index (χ0) is 15.4. The molecule has 1 aliphatic carbocycles. The first-order valence-corrected chi connectivity index (χ1v) is 8.96. The highest BCUT2D eigenvalue weighted by Crippen LogP contribution is 2.32. The van der Waals surface area contributed by atoms with Crippen molar-refractivity contribution in [1.82, 2.24) is 10.6 Å². The van der Waals surface area contributed by atoms with E-state index in [1.807, 2.05) is 37.0 Å². The summed E-state index contributed by atoms with van der Waals surface area (Å²) in [5.41, 5.74) is 1.15. The molecule has 2 N–H and O–H groups in total. The molecular weight excluding hydrogens is 298 g/mol. The van der Waals surface area contributed by atoms with Gasteiger partial charge in [0.05, 0.1) is 0 Å². The van der Waals surface area contributed by atoms with E-state index in [-0.39, 0.29) is 0 Å². The quantitative estimate of drug-likeness (QED) is 0.659. The fourth-order valence-corrected chi connectivity index (χ4v) is 3.71. The van der Waals surface area contributed by atoms with E-state index in [9.17, 15) is 0 Å². The summed E-state index contributed by atoms with van der Waals surface area (Å²) in [5, 5.41) is 7.68. The molecule has 2 atom stereocenters. The van der Waals surface area contributed by atoms with Gasteiger partial charge in [-0.2, -0.15) is 11.8 Å². The maximum Gasteiger partial charge on any atom is 0.231 e. The third kappa shape index (κ3) is 3.61. The van der Waals surface area contributed by atoms with Crippen LogP contribution in [0.25, 0.3) is 0 Å². The molecule has 22 heavy (non-hydrogen) atoms. The van der Waals surface area contributed by atoms with Crippen LogP contribution in [-0.2, 0) is 6.54 Å².